The first-order chi connectivity index (χ1) is 13.4. The van der Waals surface area contributed by atoms with Crippen molar-refractivity contribution in [2.24, 2.45) is 5.92 Å². The molecule has 1 saturated heterocycles. The van der Waals surface area contributed by atoms with Gasteiger partial charge >= 0.3 is 0 Å². The van der Waals surface area contributed by atoms with E-state index in [0.29, 0.717) is 24.5 Å². The minimum atomic E-state index is -1.37. The van der Waals surface area contributed by atoms with E-state index in [0.717, 1.165) is 16.9 Å². The molecule has 1 aromatic carbocycles. The fourth-order valence-corrected chi connectivity index (χ4v) is 3.94. The Bertz CT molecular complexity index is 714. The highest BCUT2D eigenvalue weighted by molar-refractivity contribution is 6.32. The predicted molar refractivity (Wildman–Crippen MR) is 105 cm³/mol. The van der Waals surface area contributed by atoms with E-state index in [9.17, 15) is 20.4 Å². The van der Waals surface area contributed by atoms with Gasteiger partial charge in [0.2, 0.25) is 0 Å². The van der Waals surface area contributed by atoms with Crippen molar-refractivity contribution in [1.82, 2.24) is 0 Å². The molecule has 1 aliphatic carbocycles. The minimum absolute atomic E-state index is 0.230. The number of benzene rings is 1. The van der Waals surface area contributed by atoms with Gasteiger partial charge in [0.1, 0.15) is 30.2 Å². The summed E-state index contributed by atoms with van der Waals surface area (Å²) in [5, 5.41) is 40.5. The van der Waals surface area contributed by atoms with Gasteiger partial charge in [0.25, 0.3) is 0 Å². The Morgan fingerprint density at radius 2 is 1.82 bits per heavy atom. The summed E-state index contributed by atoms with van der Waals surface area (Å²) in [4.78, 5) is 0. The van der Waals surface area contributed by atoms with E-state index in [-0.39, 0.29) is 5.92 Å². The largest absolute Gasteiger partial charge is 0.494 e. The molecular formula is C21H27ClO6. The van der Waals surface area contributed by atoms with Crippen molar-refractivity contribution in [2.75, 3.05) is 13.2 Å². The standard InChI is InChI=1S/C21H27ClO6/c1-2-27-15-6-3-12(4-7-15)9-14-10-13(5-8-16(14)22)21-20(26)19(25)18(24)17(11-23)28-21/h3-4,6-8,10,13,17-21,23-26H,2,5,9,11H2,1H3/t13?,17-,18-,19+,20-,21+/m1/s1. The predicted octanol–water partition coefficient (Wildman–Crippen LogP) is 1.54. The maximum atomic E-state index is 10.4. The molecule has 0 radical (unpaired) electrons. The van der Waals surface area contributed by atoms with Gasteiger partial charge < -0.3 is 29.9 Å². The zero-order valence-corrected chi connectivity index (χ0v) is 16.5. The van der Waals surface area contributed by atoms with Gasteiger partial charge in [0, 0.05) is 11.0 Å². The summed E-state index contributed by atoms with van der Waals surface area (Å²) in [6, 6.07) is 7.78. The second kappa shape index (κ2) is 9.39. The molecule has 4 N–H and O–H groups in total. The lowest BCUT2D eigenvalue weighted by molar-refractivity contribution is -0.237. The Labute approximate surface area is 169 Å². The third-order valence-electron chi connectivity index (χ3n) is 5.27. The molecule has 28 heavy (non-hydrogen) atoms. The van der Waals surface area contributed by atoms with Crippen molar-refractivity contribution in [2.45, 2.75) is 50.3 Å². The van der Waals surface area contributed by atoms with Gasteiger partial charge in [0.05, 0.1) is 19.3 Å². The molecule has 0 bridgehead atoms. The normalized spacial score (nSPS) is 33.2. The third kappa shape index (κ3) is 4.59. The van der Waals surface area contributed by atoms with Gasteiger partial charge in [-0.05, 0) is 43.0 Å². The van der Waals surface area contributed by atoms with Gasteiger partial charge in [-0.1, -0.05) is 35.9 Å². The summed E-state index contributed by atoms with van der Waals surface area (Å²) < 4.78 is 11.2. The lowest BCUT2D eigenvalue weighted by atomic mass is 9.82. The SMILES string of the molecule is CCOc1ccc(CC2=CC([C@@H]3O[C@H](CO)[C@@H](O)[C@H](O)[C@H]3O)CC=C2Cl)cc1. The van der Waals surface area contributed by atoms with Crippen LogP contribution in [0.15, 0.2) is 47.0 Å². The zero-order chi connectivity index (χ0) is 20.3. The number of aliphatic hydroxyl groups excluding tert-OH is 4. The van der Waals surface area contributed by atoms with Crippen LogP contribution in [0, 0.1) is 5.92 Å². The first-order valence-electron chi connectivity index (χ1n) is 9.53. The highest BCUT2D eigenvalue weighted by Gasteiger charge is 2.46. The number of aliphatic hydroxyl groups is 4. The molecule has 0 spiro atoms. The van der Waals surface area contributed by atoms with Crippen LogP contribution >= 0.6 is 11.6 Å². The van der Waals surface area contributed by atoms with Crippen LogP contribution in [-0.2, 0) is 11.2 Å². The summed E-state index contributed by atoms with van der Waals surface area (Å²) >= 11 is 6.40. The average Bonchev–Trinajstić information content (AvgIpc) is 2.70. The topological polar surface area (TPSA) is 99.4 Å². The van der Waals surface area contributed by atoms with Crippen molar-refractivity contribution in [3.05, 3.63) is 52.6 Å². The molecule has 6 atom stereocenters. The molecule has 1 unspecified atom stereocenters. The number of halogens is 1. The molecule has 6 nitrogen and oxygen atoms in total. The maximum Gasteiger partial charge on any atom is 0.119 e. The van der Waals surface area contributed by atoms with E-state index in [1.54, 1.807) is 0 Å². The summed E-state index contributed by atoms with van der Waals surface area (Å²) in [6.07, 6.45) is -0.672. The van der Waals surface area contributed by atoms with E-state index < -0.39 is 37.1 Å². The summed E-state index contributed by atoms with van der Waals surface area (Å²) in [7, 11) is 0. The highest BCUT2D eigenvalue weighted by atomic mass is 35.5. The van der Waals surface area contributed by atoms with Crippen LogP contribution in [0.1, 0.15) is 18.9 Å². The molecule has 154 valence electrons. The molecule has 3 rings (SSSR count). The van der Waals surface area contributed by atoms with Crippen molar-refractivity contribution >= 4 is 11.6 Å². The van der Waals surface area contributed by atoms with Crippen molar-refractivity contribution in [3.8, 4) is 5.75 Å². The lowest BCUT2D eigenvalue weighted by Crippen LogP contribution is -2.60. The molecule has 2 aliphatic rings. The first-order valence-corrected chi connectivity index (χ1v) is 9.91. The number of rotatable bonds is 6. The highest BCUT2D eigenvalue weighted by Crippen LogP contribution is 2.35. The van der Waals surface area contributed by atoms with Crippen molar-refractivity contribution in [1.29, 1.82) is 0 Å². The van der Waals surface area contributed by atoms with Gasteiger partial charge in [0.15, 0.2) is 0 Å². The molecule has 0 saturated carbocycles. The van der Waals surface area contributed by atoms with Crippen LogP contribution in [-0.4, -0.2) is 64.2 Å². The lowest BCUT2D eigenvalue weighted by Gasteiger charge is -2.43. The van der Waals surface area contributed by atoms with Crippen LogP contribution in [0.5, 0.6) is 5.75 Å². The minimum Gasteiger partial charge on any atom is -0.494 e. The van der Waals surface area contributed by atoms with Gasteiger partial charge in [-0.2, -0.15) is 0 Å². The Hall–Kier alpha value is -1.41. The second-order valence-electron chi connectivity index (χ2n) is 7.19. The van der Waals surface area contributed by atoms with Gasteiger partial charge in [-0.15, -0.1) is 0 Å². The monoisotopic (exact) mass is 410 g/mol. The molecule has 1 fully saturated rings. The number of hydrogen-bond donors (Lipinski definition) is 4. The molecular weight excluding hydrogens is 384 g/mol. The van der Waals surface area contributed by atoms with E-state index in [1.165, 1.54) is 0 Å². The van der Waals surface area contributed by atoms with E-state index in [4.69, 9.17) is 21.1 Å². The maximum absolute atomic E-state index is 10.4. The Kier molecular flexibility index (Phi) is 7.15. The van der Waals surface area contributed by atoms with Crippen LogP contribution in [0.4, 0.5) is 0 Å². The summed E-state index contributed by atoms with van der Waals surface area (Å²) in [6.45, 7) is 2.11. The smallest absolute Gasteiger partial charge is 0.119 e. The zero-order valence-electron chi connectivity index (χ0n) is 15.7. The van der Waals surface area contributed by atoms with Gasteiger partial charge in [-0.3, -0.25) is 0 Å². The second-order valence-corrected chi connectivity index (χ2v) is 7.60. The molecule has 0 aromatic heterocycles. The molecule has 7 heteroatoms. The number of allylic oxidation sites excluding steroid dienone is 3. The third-order valence-corrected chi connectivity index (χ3v) is 5.67. The van der Waals surface area contributed by atoms with E-state index in [2.05, 4.69) is 0 Å². The summed E-state index contributed by atoms with van der Waals surface area (Å²) in [5.74, 6) is 0.580. The fraction of sp³-hybridized carbons (Fsp3) is 0.524. The molecule has 1 heterocycles. The molecule has 1 aromatic rings. The summed E-state index contributed by atoms with van der Waals surface area (Å²) in [5.41, 5.74) is 1.97. The van der Waals surface area contributed by atoms with Crippen LogP contribution < -0.4 is 4.74 Å². The number of ether oxygens (including phenoxy) is 2. The molecule has 0 amide bonds. The first kappa shape index (κ1) is 21.3. The Morgan fingerprint density at radius 3 is 2.46 bits per heavy atom. The molecule has 1 aliphatic heterocycles. The van der Waals surface area contributed by atoms with E-state index >= 15 is 0 Å². The Balaban J connectivity index is 1.75. The number of hydrogen-bond acceptors (Lipinski definition) is 6. The van der Waals surface area contributed by atoms with E-state index in [1.807, 2.05) is 43.3 Å². The average molecular weight is 411 g/mol. The quantitative estimate of drug-likeness (QED) is 0.567. The van der Waals surface area contributed by atoms with Crippen LogP contribution in [0.3, 0.4) is 0 Å². The van der Waals surface area contributed by atoms with Crippen molar-refractivity contribution < 1.29 is 29.9 Å². The van der Waals surface area contributed by atoms with Crippen LogP contribution in [0.2, 0.25) is 0 Å². The fourth-order valence-electron chi connectivity index (χ4n) is 3.72. The Morgan fingerprint density at radius 1 is 1.11 bits per heavy atom. The van der Waals surface area contributed by atoms with Crippen LogP contribution in [0.25, 0.3) is 0 Å². The van der Waals surface area contributed by atoms with Crippen molar-refractivity contribution in [3.63, 3.8) is 0 Å². The van der Waals surface area contributed by atoms with Gasteiger partial charge in [-0.25, -0.2) is 0 Å².